The van der Waals surface area contributed by atoms with Crippen LogP contribution in [0.4, 0.5) is 4.79 Å². The van der Waals surface area contributed by atoms with Crippen LogP contribution in [0.2, 0.25) is 0 Å². The molecule has 1 amide bonds. The largest absolute Gasteiger partial charge is 0.480 e. The van der Waals surface area contributed by atoms with Gasteiger partial charge in [0, 0.05) is 0 Å². The number of aliphatic carboxylic acids is 1. The monoisotopic (exact) mass is 337 g/mol. The van der Waals surface area contributed by atoms with Crippen LogP contribution in [0.15, 0.2) is 8.91 Å². The van der Waals surface area contributed by atoms with E-state index in [1.807, 2.05) is 0 Å². The molecule has 1 N–H and O–H groups in total. The van der Waals surface area contributed by atoms with Crippen LogP contribution in [0.5, 0.6) is 0 Å². The molecule has 1 heterocycles. The number of carbonyl (C=O) groups excluding carboxylic acids is 1. The highest BCUT2D eigenvalue weighted by atomic mass is 79.9. The first-order chi connectivity index (χ1) is 8.17. The zero-order valence-electron chi connectivity index (χ0n) is 10.0. The minimum absolute atomic E-state index is 0.165. The summed E-state index contributed by atoms with van der Waals surface area (Å²) in [5.74, 6) is -1.07. The number of aromatic nitrogens is 2. The van der Waals surface area contributed by atoms with Crippen LogP contribution in [-0.4, -0.2) is 32.6 Å². The summed E-state index contributed by atoms with van der Waals surface area (Å²) in [4.78, 5) is 26.0. The number of carbonyl (C=O) groups is 2. The number of carboxylic acids is 1. The lowest BCUT2D eigenvalue weighted by atomic mass is 10.2. The van der Waals surface area contributed by atoms with Gasteiger partial charge in [0.25, 0.3) is 0 Å². The van der Waals surface area contributed by atoms with Gasteiger partial charge in [0.1, 0.15) is 12.1 Å². The lowest BCUT2D eigenvalue weighted by molar-refractivity contribution is -0.138. The van der Waals surface area contributed by atoms with Gasteiger partial charge < -0.3 is 9.84 Å². The predicted molar refractivity (Wildman–Crippen MR) is 67.2 cm³/mol. The Hall–Kier alpha value is -1.22. The highest BCUT2D eigenvalue weighted by Gasteiger charge is 2.16. The Balaban J connectivity index is 3.01. The van der Waals surface area contributed by atoms with Crippen molar-refractivity contribution in [2.75, 3.05) is 0 Å². The molecule has 0 radical (unpaired) electrons. The summed E-state index contributed by atoms with van der Waals surface area (Å²) >= 11 is 4.15. The maximum absolute atomic E-state index is 11.5. The Bertz CT molecular complexity index is 529. The van der Waals surface area contributed by atoms with Crippen molar-refractivity contribution >= 4 is 39.3 Å². The molecule has 0 saturated carbocycles. The molecule has 7 nitrogen and oxygen atoms in total. The first kappa shape index (κ1) is 14.8. The molecule has 9 heteroatoms. The summed E-state index contributed by atoms with van der Waals surface area (Å²) in [5, 5.41) is 12.6. The van der Waals surface area contributed by atoms with E-state index in [9.17, 15) is 9.59 Å². The van der Waals surface area contributed by atoms with Gasteiger partial charge in [0.15, 0.2) is 3.92 Å². The van der Waals surface area contributed by atoms with Gasteiger partial charge >= 0.3 is 12.1 Å². The van der Waals surface area contributed by atoms with E-state index in [-0.39, 0.29) is 11.3 Å². The molecule has 0 aromatic carbocycles. The number of hydrogen-bond acceptors (Lipinski definition) is 5. The van der Waals surface area contributed by atoms with Crippen LogP contribution < -0.4 is 4.80 Å². The first-order valence-electron chi connectivity index (χ1n) is 4.90. The second-order valence-corrected chi connectivity index (χ2v) is 6.51. The fraction of sp³-hybridized carbons (Fsp3) is 0.556. The van der Waals surface area contributed by atoms with Crippen LogP contribution in [0.25, 0.3) is 0 Å². The standard InChI is InChI=1S/C9H12BrN3O4S/c1-9(2,3)17-8(16)11-7-13(4-5(14)15)12-6(10)18-7/h4H2,1-3H3,(H,14,15). The van der Waals surface area contributed by atoms with E-state index >= 15 is 0 Å². The third-order valence-corrected chi connectivity index (χ3v) is 2.84. The molecule has 0 unspecified atom stereocenters. The van der Waals surface area contributed by atoms with E-state index in [1.165, 1.54) is 0 Å². The molecule has 100 valence electrons. The number of ether oxygens (including phenoxy) is 1. The van der Waals surface area contributed by atoms with Crippen LogP contribution in [-0.2, 0) is 16.1 Å². The van der Waals surface area contributed by atoms with E-state index in [2.05, 4.69) is 26.0 Å². The lowest BCUT2D eigenvalue weighted by Crippen LogP contribution is -2.26. The number of halogens is 1. The van der Waals surface area contributed by atoms with E-state index in [0.29, 0.717) is 3.92 Å². The third-order valence-electron chi connectivity index (χ3n) is 1.46. The average Bonchev–Trinajstić information content (AvgIpc) is 2.41. The van der Waals surface area contributed by atoms with E-state index < -0.39 is 17.7 Å². The van der Waals surface area contributed by atoms with E-state index in [0.717, 1.165) is 16.0 Å². The van der Waals surface area contributed by atoms with Crippen LogP contribution in [0.1, 0.15) is 20.8 Å². The van der Waals surface area contributed by atoms with Crippen molar-refractivity contribution in [2.24, 2.45) is 4.99 Å². The number of rotatable bonds is 2. The lowest BCUT2D eigenvalue weighted by Gasteiger charge is -2.16. The quantitative estimate of drug-likeness (QED) is 0.884. The second kappa shape index (κ2) is 5.61. The average molecular weight is 338 g/mol. The molecular formula is C9H12BrN3O4S. The predicted octanol–water partition coefficient (Wildman–Crippen LogP) is 1.63. The van der Waals surface area contributed by atoms with Crippen molar-refractivity contribution in [3.63, 3.8) is 0 Å². The van der Waals surface area contributed by atoms with E-state index in [1.54, 1.807) is 20.8 Å². The van der Waals surface area contributed by atoms with Crippen molar-refractivity contribution in [3.8, 4) is 0 Å². The highest BCUT2D eigenvalue weighted by Crippen LogP contribution is 2.10. The normalized spacial score (nSPS) is 12.6. The first-order valence-corrected chi connectivity index (χ1v) is 6.51. The summed E-state index contributed by atoms with van der Waals surface area (Å²) < 4.78 is 6.56. The topological polar surface area (TPSA) is 93.8 Å². The summed E-state index contributed by atoms with van der Waals surface area (Å²) in [6, 6.07) is 0. The Kier molecular flexibility index (Phi) is 4.63. The molecule has 1 aromatic rings. The van der Waals surface area contributed by atoms with Crippen molar-refractivity contribution in [3.05, 3.63) is 8.72 Å². The Morgan fingerprint density at radius 3 is 2.67 bits per heavy atom. The molecule has 0 aliphatic heterocycles. The van der Waals surface area contributed by atoms with Crippen molar-refractivity contribution in [1.29, 1.82) is 0 Å². The van der Waals surface area contributed by atoms with Gasteiger partial charge in [0.2, 0.25) is 4.80 Å². The molecule has 0 fully saturated rings. The maximum atomic E-state index is 11.5. The Labute approximate surface area is 115 Å². The summed E-state index contributed by atoms with van der Waals surface area (Å²) in [7, 11) is 0. The summed E-state index contributed by atoms with van der Waals surface area (Å²) in [5.41, 5.74) is -0.653. The zero-order chi connectivity index (χ0) is 13.9. The van der Waals surface area contributed by atoms with Gasteiger partial charge in [0.05, 0.1) is 0 Å². The van der Waals surface area contributed by atoms with Crippen molar-refractivity contribution in [2.45, 2.75) is 32.9 Å². The molecule has 0 saturated heterocycles. The van der Waals surface area contributed by atoms with Gasteiger partial charge in [-0.2, -0.15) is 5.10 Å². The molecule has 0 aliphatic carbocycles. The fourth-order valence-corrected chi connectivity index (χ4v) is 2.21. The van der Waals surface area contributed by atoms with Crippen LogP contribution in [0.3, 0.4) is 0 Å². The molecule has 1 rings (SSSR count). The van der Waals surface area contributed by atoms with Gasteiger partial charge in [-0.3, -0.25) is 4.79 Å². The Morgan fingerprint density at radius 1 is 1.56 bits per heavy atom. The summed E-state index contributed by atoms with van der Waals surface area (Å²) in [6.07, 6.45) is -0.780. The molecular weight excluding hydrogens is 326 g/mol. The van der Waals surface area contributed by atoms with Crippen LogP contribution >= 0.6 is 27.3 Å². The van der Waals surface area contributed by atoms with Crippen molar-refractivity contribution in [1.82, 2.24) is 9.78 Å². The molecule has 18 heavy (non-hydrogen) atoms. The minimum Gasteiger partial charge on any atom is -0.480 e. The molecule has 0 spiro atoms. The van der Waals surface area contributed by atoms with E-state index in [4.69, 9.17) is 9.84 Å². The Morgan fingerprint density at radius 2 is 2.17 bits per heavy atom. The summed E-state index contributed by atoms with van der Waals surface area (Å²) in [6.45, 7) is 4.78. The highest BCUT2D eigenvalue weighted by molar-refractivity contribution is 9.11. The second-order valence-electron chi connectivity index (χ2n) is 4.28. The fourth-order valence-electron chi connectivity index (χ4n) is 0.961. The number of carboxylic acid groups (broad SMARTS) is 1. The minimum atomic E-state index is -1.07. The van der Waals surface area contributed by atoms with Gasteiger partial charge in [-0.05, 0) is 36.7 Å². The maximum Gasteiger partial charge on any atom is 0.436 e. The zero-order valence-corrected chi connectivity index (χ0v) is 12.4. The van der Waals surface area contributed by atoms with Gasteiger partial charge in [-0.25, -0.2) is 9.48 Å². The number of amides is 1. The third kappa shape index (κ3) is 4.96. The molecule has 0 bridgehead atoms. The van der Waals surface area contributed by atoms with Crippen LogP contribution in [0, 0.1) is 0 Å². The molecule has 0 aliphatic rings. The molecule has 0 atom stereocenters. The van der Waals surface area contributed by atoms with Gasteiger partial charge in [-0.1, -0.05) is 11.3 Å². The van der Waals surface area contributed by atoms with Crippen molar-refractivity contribution < 1.29 is 19.4 Å². The smallest absolute Gasteiger partial charge is 0.436 e. The number of hydrogen-bond donors (Lipinski definition) is 1. The SMILES string of the molecule is CC(C)(C)OC(=O)N=c1sc(Br)nn1CC(=O)O. The molecule has 1 aromatic heterocycles. The van der Waals surface area contributed by atoms with Gasteiger partial charge in [-0.15, -0.1) is 4.99 Å². The number of nitrogens with zero attached hydrogens (tertiary/aromatic N) is 3.